The lowest BCUT2D eigenvalue weighted by Crippen LogP contribution is -2.47. The van der Waals surface area contributed by atoms with E-state index in [1.165, 1.54) is 3.57 Å². The van der Waals surface area contributed by atoms with Crippen LogP contribution in [0.25, 0.3) is 0 Å². The molecule has 0 saturated heterocycles. The average Bonchev–Trinajstić information content (AvgIpc) is 2.81. The van der Waals surface area contributed by atoms with Crippen LogP contribution in [0.1, 0.15) is 17.2 Å². The van der Waals surface area contributed by atoms with E-state index in [0.717, 1.165) is 17.2 Å². The summed E-state index contributed by atoms with van der Waals surface area (Å²) in [6, 6.07) is 7.58. The first-order valence-corrected chi connectivity index (χ1v) is 7.72. The van der Waals surface area contributed by atoms with Crippen molar-refractivity contribution in [2.24, 2.45) is 0 Å². The molecule has 1 aromatic carbocycles. The molecule has 1 aromatic heterocycles. The van der Waals surface area contributed by atoms with Crippen molar-refractivity contribution in [3.63, 3.8) is 0 Å². The fourth-order valence-electron chi connectivity index (χ4n) is 2.58. The van der Waals surface area contributed by atoms with Crippen LogP contribution >= 0.6 is 22.6 Å². The summed E-state index contributed by atoms with van der Waals surface area (Å²) < 4.78 is 3.06. The number of hydrogen-bond acceptors (Lipinski definition) is 4. The number of rotatable bonds is 3. The Morgan fingerprint density at radius 1 is 1.38 bits per heavy atom. The number of carboxylic acids is 1. The lowest BCUT2D eigenvalue weighted by atomic mass is 10.1. The summed E-state index contributed by atoms with van der Waals surface area (Å²) in [5.41, 5.74) is 1.10. The lowest BCUT2D eigenvalue weighted by Gasteiger charge is -2.33. The largest absolute Gasteiger partial charge is 0.480 e. The first-order valence-electron chi connectivity index (χ1n) is 6.64. The van der Waals surface area contributed by atoms with Crippen molar-refractivity contribution in [2.75, 3.05) is 0 Å². The number of fused-ring (bicyclic) bond motifs is 1. The van der Waals surface area contributed by atoms with Crippen molar-refractivity contribution in [3.8, 4) is 0 Å². The molecule has 2 heterocycles. The molecule has 1 unspecified atom stereocenters. The normalized spacial score (nSPS) is 18.5. The van der Waals surface area contributed by atoms with Crippen molar-refractivity contribution in [3.05, 3.63) is 45.0 Å². The average molecular weight is 398 g/mol. The summed E-state index contributed by atoms with van der Waals surface area (Å²) in [5.74, 6) is 0.792. The van der Waals surface area contributed by atoms with Crippen molar-refractivity contribution in [1.82, 2.24) is 19.7 Å². The predicted octanol–water partition coefficient (Wildman–Crippen LogP) is 1.66. The second-order valence-corrected chi connectivity index (χ2v) is 6.41. The first kappa shape index (κ1) is 14.5. The van der Waals surface area contributed by atoms with Crippen LogP contribution in [0.2, 0.25) is 0 Å². The molecule has 3 rings (SSSR count). The van der Waals surface area contributed by atoms with Crippen LogP contribution < -0.4 is 0 Å². The third-order valence-electron chi connectivity index (χ3n) is 3.74. The number of aryl methyl sites for hydroxylation is 1. The van der Waals surface area contributed by atoms with Gasteiger partial charge in [0.1, 0.15) is 17.7 Å². The minimum absolute atomic E-state index is 0.397. The predicted molar refractivity (Wildman–Crippen MR) is 84.6 cm³/mol. The van der Waals surface area contributed by atoms with Crippen molar-refractivity contribution >= 4 is 28.6 Å². The number of aromatic nitrogens is 3. The molecule has 1 atom stereocenters. The van der Waals surface area contributed by atoms with Crippen LogP contribution in [0.5, 0.6) is 0 Å². The second kappa shape index (κ2) is 5.72. The molecule has 1 N–H and O–H groups in total. The van der Waals surface area contributed by atoms with Crippen molar-refractivity contribution < 1.29 is 9.90 Å². The maximum atomic E-state index is 11.6. The van der Waals surface area contributed by atoms with Gasteiger partial charge in [0.05, 0.1) is 13.1 Å². The van der Waals surface area contributed by atoms with E-state index in [1.54, 1.807) is 0 Å². The van der Waals surface area contributed by atoms with Crippen LogP contribution in [0.4, 0.5) is 0 Å². The van der Waals surface area contributed by atoms with Gasteiger partial charge in [-0.3, -0.25) is 9.69 Å². The maximum absolute atomic E-state index is 11.6. The van der Waals surface area contributed by atoms with Gasteiger partial charge in [0, 0.05) is 10.1 Å². The van der Waals surface area contributed by atoms with Crippen LogP contribution in [0.3, 0.4) is 0 Å². The molecule has 0 fully saturated rings. The highest BCUT2D eigenvalue weighted by Gasteiger charge is 2.33. The third kappa shape index (κ3) is 2.93. The number of hydrogen-bond donors (Lipinski definition) is 1. The molecule has 0 radical (unpaired) electrons. The quantitative estimate of drug-likeness (QED) is 0.797. The summed E-state index contributed by atoms with van der Waals surface area (Å²) in [5, 5.41) is 17.7. The number of aliphatic carboxylic acids is 1. The molecule has 7 heteroatoms. The SMILES string of the molecule is Cc1nnc2n1CC(C(=O)O)N(Cc1ccc(I)cc1)C2. The van der Waals surface area contributed by atoms with Gasteiger partial charge in [-0.1, -0.05) is 12.1 Å². The van der Waals surface area contributed by atoms with Crippen LogP contribution in [-0.2, 0) is 24.4 Å². The Morgan fingerprint density at radius 3 is 2.76 bits per heavy atom. The standard InChI is InChI=1S/C14H15IN4O2/c1-9-16-17-13-8-18(12(14(20)21)7-19(9)13)6-10-2-4-11(15)5-3-10/h2-5,12H,6-8H2,1H3,(H,20,21). The molecular formula is C14H15IN4O2. The number of nitrogens with zero attached hydrogens (tertiary/aromatic N) is 4. The van der Waals surface area contributed by atoms with Crippen LogP contribution in [0, 0.1) is 10.5 Å². The Morgan fingerprint density at radius 2 is 2.10 bits per heavy atom. The van der Waals surface area contributed by atoms with Gasteiger partial charge in [0.25, 0.3) is 0 Å². The maximum Gasteiger partial charge on any atom is 0.322 e. The molecule has 6 nitrogen and oxygen atoms in total. The van der Waals surface area contributed by atoms with E-state index >= 15 is 0 Å². The molecule has 0 bridgehead atoms. The van der Waals surface area contributed by atoms with E-state index in [-0.39, 0.29) is 0 Å². The highest BCUT2D eigenvalue weighted by molar-refractivity contribution is 14.1. The molecule has 2 aromatic rings. The molecule has 1 aliphatic heterocycles. The van der Waals surface area contributed by atoms with Gasteiger partial charge in [-0.05, 0) is 47.2 Å². The highest BCUT2D eigenvalue weighted by Crippen LogP contribution is 2.20. The highest BCUT2D eigenvalue weighted by atomic mass is 127. The number of halogens is 1. The molecule has 110 valence electrons. The number of benzene rings is 1. The topological polar surface area (TPSA) is 71.2 Å². The Bertz CT molecular complexity index is 668. The van der Waals surface area contributed by atoms with E-state index in [2.05, 4.69) is 32.8 Å². The molecule has 0 saturated carbocycles. The molecule has 21 heavy (non-hydrogen) atoms. The summed E-state index contributed by atoms with van der Waals surface area (Å²) in [6.45, 7) is 3.35. The van der Waals surface area contributed by atoms with Crippen LogP contribution in [0.15, 0.2) is 24.3 Å². The Balaban J connectivity index is 1.85. The van der Waals surface area contributed by atoms with Gasteiger partial charge in [-0.25, -0.2) is 0 Å². The number of carbonyl (C=O) groups is 1. The van der Waals surface area contributed by atoms with Gasteiger partial charge in [0.2, 0.25) is 0 Å². The van der Waals surface area contributed by atoms with Crippen LogP contribution in [-0.4, -0.2) is 36.8 Å². The third-order valence-corrected chi connectivity index (χ3v) is 4.46. The molecule has 1 aliphatic rings. The smallest absolute Gasteiger partial charge is 0.322 e. The van der Waals surface area contributed by atoms with Crippen molar-refractivity contribution in [2.45, 2.75) is 32.6 Å². The van der Waals surface area contributed by atoms with Gasteiger partial charge in [-0.15, -0.1) is 10.2 Å². The van der Waals surface area contributed by atoms with Crippen molar-refractivity contribution in [1.29, 1.82) is 0 Å². The Labute approximate surface area is 135 Å². The Kier molecular flexibility index (Phi) is 3.94. The summed E-state index contributed by atoms with van der Waals surface area (Å²) in [6.07, 6.45) is 0. The first-order chi connectivity index (χ1) is 10.0. The minimum atomic E-state index is -0.806. The van der Waals surface area contributed by atoms with E-state index in [4.69, 9.17) is 0 Å². The molecule has 0 amide bonds. The molecular weight excluding hydrogens is 383 g/mol. The molecule has 0 spiro atoms. The monoisotopic (exact) mass is 398 g/mol. The molecule has 0 aliphatic carbocycles. The summed E-state index contributed by atoms with van der Waals surface area (Å²) in [4.78, 5) is 13.5. The van der Waals surface area contributed by atoms with Gasteiger partial charge >= 0.3 is 5.97 Å². The fraction of sp³-hybridized carbons (Fsp3) is 0.357. The minimum Gasteiger partial charge on any atom is -0.480 e. The van der Waals surface area contributed by atoms with E-state index in [9.17, 15) is 9.90 Å². The van der Waals surface area contributed by atoms with E-state index in [1.807, 2.05) is 40.7 Å². The zero-order valence-electron chi connectivity index (χ0n) is 11.5. The van der Waals surface area contributed by atoms with Gasteiger partial charge < -0.3 is 9.67 Å². The zero-order valence-corrected chi connectivity index (χ0v) is 13.7. The lowest BCUT2D eigenvalue weighted by molar-refractivity contribution is -0.145. The van der Waals surface area contributed by atoms with Gasteiger partial charge in [0.15, 0.2) is 0 Å². The summed E-state index contributed by atoms with van der Waals surface area (Å²) in [7, 11) is 0. The fourth-order valence-corrected chi connectivity index (χ4v) is 2.94. The zero-order chi connectivity index (χ0) is 15.0. The Hall–Kier alpha value is -1.48. The second-order valence-electron chi connectivity index (χ2n) is 5.16. The summed E-state index contributed by atoms with van der Waals surface area (Å²) >= 11 is 2.26. The van der Waals surface area contributed by atoms with E-state index < -0.39 is 12.0 Å². The number of carboxylic acid groups (broad SMARTS) is 1. The van der Waals surface area contributed by atoms with E-state index in [0.29, 0.717) is 19.6 Å². The van der Waals surface area contributed by atoms with Gasteiger partial charge in [-0.2, -0.15) is 0 Å².